The first kappa shape index (κ1) is 14.8. The molecule has 1 aromatic heterocycles. The van der Waals surface area contributed by atoms with Gasteiger partial charge < -0.3 is 5.32 Å². The predicted molar refractivity (Wildman–Crippen MR) is 84.0 cm³/mol. The van der Waals surface area contributed by atoms with Gasteiger partial charge in [0, 0.05) is 24.7 Å². The zero-order valence-electron chi connectivity index (χ0n) is 12.9. The summed E-state index contributed by atoms with van der Waals surface area (Å²) in [4.78, 5) is 0. The Morgan fingerprint density at radius 3 is 2.50 bits per heavy atom. The van der Waals surface area contributed by atoms with Crippen molar-refractivity contribution in [1.29, 1.82) is 0 Å². The highest BCUT2D eigenvalue weighted by molar-refractivity contribution is 5.26. The Balaban J connectivity index is 2.03. The predicted octanol–water partition coefficient (Wildman–Crippen LogP) is 3.15. The highest BCUT2D eigenvalue weighted by Crippen LogP contribution is 2.13. The van der Waals surface area contributed by atoms with E-state index in [1.54, 1.807) is 0 Å². The van der Waals surface area contributed by atoms with Gasteiger partial charge in [-0.25, -0.2) is 0 Å². The van der Waals surface area contributed by atoms with Gasteiger partial charge in [0.05, 0.1) is 5.69 Å². The number of nitrogens with zero attached hydrogens (tertiary/aromatic N) is 2. The minimum Gasteiger partial charge on any atom is -0.316 e. The van der Waals surface area contributed by atoms with Crippen molar-refractivity contribution in [3.8, 4) is 0 Å². The summed E-state index contributed by atoms with van der Waals surface area (Å²) in [7, 11) is 2.03. The molecule has 0 fully saturated rings. The topological polar surface area (TPSA) is 29.9 Å². The minimum absolute atomic E-state index is 0.423. The third kappa shape index (κ3) is 3.70. The summed E-state index contributed by atoms with van der Waals surface area (Å²) in [5.41, 5.74) is 3.93. The van der Waals surface area contributed by atoms with Crippen LogP contribution in [-0.2, 0) is 12.8 Å². The first-order valence-electron chi connectivity index (χ1n) is 7.36. The Morgan fingerprint density at radius 1 is 1.15 bits per heavy atom. The van der Waals surface area contributed by atoms with Crippen LogP contribution >= 0.6 is 0 Å². The van der Waals surface area contributed by atoms with Gasteiger partial charge in [0.1, 0.15) is 0 Å². The van der Waals surface area contributed by atoms with E-state index in [2.05, 4.69) is 67.7 Å². The lowest BCUT2D eigenvalue weighted by atomic mass is 9.98. The van der Waals surface area contributed by atoms with Gasteiger partial charge in [-0.2, -0.15) is 5.10 Å². The molecule has 2 aromatic rings. The number of nitrogens with one attached hydrogen (secondary N) is 1. The van der Waals surface area contributed by atoms with Crippen LogP contribution in [0.25, 0.3) is 0 Å². The molecule has 20 heavy (non-hydrogen) atoms. The highest BCUT2D eigenvalue weighted by Gasteiger charge is 2.12. The molecule has 3 nitrogen and oxygen atoms in total. The van der Waals surface area contributed by atoms with Crippen molar-refractivity contribution in [1.82, 2.24) is 15.1 Å². The second-order valence-electron chi connectivity index (χ2n) is 5.70. The number of hydrogen-bond donors (Lipinski definition) is 1. The molecule has 0 aliphatic heterocycles. The number of aromatic nitrogens is 2. The standard InChI is InChI=1S/C17H25N3/c1-13(2)20-10-9-16(19-20)12-17(18-4)11-15-8-6-5-7-14(15)3/h5-10,13,17-18H,11-12H2,1-4H3. The fourth-order valence-electron chi connectivity index (χ4n) is 2.41. The number of likely N-dealkylation sites (N-methyl/N-ethyl adjacent to an activating group) is 1. The van der Waals surface area contributed by atoms with Crippen LogP contribution in [0.15, 0.2) is 36.5 Å². The monoisotopic (exact) mass is 271 g/mol. The average molecular weight is 271 g/mol. The molecule has 0 aliphatic rings. The Morgan fingerprint density at radius 2 is 1.90 bits per heavy atom. The van der Waals surface area contributed by atoms with E-state index in [1.807, 2.05) is 11.7 Å². The van der Waals surface area contributed by atoms with Crippen molar-refractivity contribution >= 4 is 0 Å². The second kappa shape index (κ2) is 6.71. The molecule has 0 saturated carbocycles. The zero-order valence-corrected chi connectivity index (χ0v) is 12.9. The van der Waals surface area contributed by atoms with Crippen LogP contribution in [0.5, 0.6) is 0 Å². The van der Waals surface area contributed by atoms with E-state index in [4.69, 9.17) is 0 Å². The number of rotatable bonds is 6. The van der Waals surface area contributed by atoms with E-state index in [1.165, 1.54) is 11.1 Å². The lowest BCUT2D eigenvalue weighted by Gasteiger charge is -2.16. The summed E-state index contributed by atoms with van der Waals surface area (Å²) in [6.07, 6.45) is 4.07. The Hall–Kier alpha value is -1.61. The molecule has 108 valence electrons. The van der Waals surface area contributed by atoms with Crippen LogP contribution in [-0.4, -0.2) is 22.9 Å². The molecule has 1 aromatic carbocycles. The zero-order chi connectivity index (χ0) is 14.5. The summed E-state index contributed by atoms with van der Waals surface area (Å²) >= 11 is 0. The lowest BCUT2D eigenvalue weighted by molar-refractivity contribution is 0.508. The first-order valence-corrected chi connectivity index (χ1v) is 7.36. The summed E-state index contributed by atoms with van der Waals surface area (Å²) in [5.74, 6) is 0. The van der Waals surface area contributed by atoms with Crippen molar-refractivity contribution < 1.29 is 0 Å². The lowest BCUT2D eigenvalue weighted by Crippen LogP contribution is -2.30. The van der Waals surface area contributed by atoms with Gasteiger partial charge in [-0.1, -0.05) is 24.3 Å². The van der Waals surface area contributed by atoms with E-state index in [0.29, 0.717) is 12.1 Å². The number of hydrogen-bond acceptors (Lipinski definition) is 2. The third-order valence-electron chi connectivity index (χ3n) is 3.78. The summed E-state index contributed by atoms with van der Waals surface area (Å²) < 4.78 is 2.02. The van der Waals surface area contributed by atoms with Crippen LogP contribution in [0.4, 0.5) is 0 Å². The minimum atomic E-state index is 0.423. The molecule has 1 N–H and O–H groups in total. The van der Waals surface area contributed by atoms with Gasteiger partial charge >= 0.3 is 0 Å². The molecular weight excluding hydrogens is 246 g/mol. The van der Waals surface area contributed by atoms with Crippen LogP contribution in [0.1, 0.15) is 36.7 Å². The van der Waals surface area contributed by atoms with E-state index < -0.39 is 0 Å². The van der Waals surface area contributed by atoms with Crippen LogP contribution in [0.3, 0.4) is 0 Å². The molecule has 0 bridgehead atoms. The van der Waals surface area contributed by atoms with Gasteiger partial charge in [0.15, 0.2) is 0 Å². The van der Waals surface area contributed by atoms with Crippen LogP contribution in [0, 0.1) is 6.92 Å². The molecule has 3 heteroatoms. The molecule has 0 saturated heterocycles. The van der Waals surface area contributed by atoms with Crippen molar-refractivity contribution in [2.45, 2.75) is 45.7 Å². The third-order valence-corrected chi connectivity index (χ3v) is 3.78. The summed E-state index contributed by atoms with van der Waals surface area (Å²) in [6, 6.07) is 11.6. The maximum absolute atomic E-state index is 4.64. The average Bonchev–Trinajstić information content (AvgIpc) is 2.89. The molecule has 0 aliphatic carbocycles. The summed E-state index contributed by atoms with van der Waals surface area (Å²) in [5, 5.41) is 8.05. The molecule has 0 amide bonds. The van der Waals surface area contributed by atoms with Crippen LogP contribution in [0.2, 0.25) is 0 Å². The summed E-state index contributed by atoms with van der Waals surface area (Å²) in [6.45, 7) is 6.48. The van der Waals surface area contributed by atoms with E-state index in [-0.39, 0.29) is 0 Å². The Kier molecular flexibility index (Phi) is 4.96. The fraction of sp³-hybridized carbons (Fsp3) is 0.471. The molecule has 1 heterocycles. The molecule has 0 radical (unpaired) electrons. The number of aryl methyl sites for hydroxylation is 1. The van der Waals surface area contributed by atoms with Gasteiger partial charge in [-0.15, -0.1) is 0 Å². The largest absolute Gasteiger partial charge is 0.316 e. The second-order valence-corrected chi connectivity index (χ2v) is 5.70. The molecule has 2 rings (SSSR count). The molecule has 1 unspecified atom stereocenters. The molecular formula is C17H25N3. The smallest absolute Gasteiger partial charge is 0.0640 e. The first-order chi connectivity index (χ1) is 9.60. The Labute approximate surface area is 122 Å². The van der Waals surface area contributed by atoms with Gasteiger partial charge in [-0.05, 0) is 51.4 Å². The van der Waals surface area contributed by atoms with Gasteiger partial charge in [0.25, 0.3) is 0 Å². The fourth-order valence-corrected chi connectivity index (χ4v) is 2.41. The quantitative estimate of drug-likeness (QED) is 0.874. The van der Waals surface area contributed by atoms with Crippen molar-refractivity contribution in [2.75, 3.05) is 7.05 Å². The SMILES string of the molecule is CNC(Cc1ccn(C(C)C)n1)Cc1ccccc1C. The molecule has 0 spiro atoms. The normalized spacial score (nSPS) is 12.8. The molecule has 1 atom stereocenters. The Bertz CT molecular complexity index is 543. The maximum Gasteiger partial charge on any atom is 0.0640 e. The maximum atomic E-state index is 4.64. The van der Waals surface area contributed by atoms with Gasteiger partial charge in [0.2, 0.25) is 0 Å². The van der Waals surface area contributed by atoms with Crippen LogP contribution < -0.4 is 5.32 Å². The van der Waals surface area contributed by atoms with E-state index >= 15 is 0 Å². The van der Waals surface area contributed by atoms with E-state index in [9.17, 15) is 0 Å². The number of benzene rings is 1. The van der Waals surface area contributed by atoms with Crippen molar-refractivity contribution in [2.24, 2.45) is 0 Å². The van der Waals surface area contributed by atoms with E-state index in [0.717, 1.165) is 18.5 Å². The van der Waals surface area contributed by atoms with Crippen molar-refractivity contribution in [3.05, 3.63) is 53.3 Å². The van der Waals surface area contributed by atoms with Crippen molar-refractivity contribution in [3.63, 3.8) is 0 Å². The highest BCUT2D eigenvalue weighted by atomic mass is 15.3. The van der Waals surface area contributed by atoms with Gasteiger partial charge in [-0.3, -0.25) is 4.68 Å².